The van der Waals surface area contributed by atoms with Crippen LogP contribution in [0.25, 0.3) is 0 Å². The quantitative estimate of drug-likeness (QED) is 0.0458. The van der Waals surface area contributed by atoms with Gasteiger partial charge in [0.2, 0.25) is 17.7 Å². The van der Waals surface area contributed by atoms with Crippen LogP contribution in [0.1, 0.15) is 59.8 Å². The predicted molar refractivity (Wildman–Crippen MR) is 152 cm³/mol. The monoisotopic (exact) mass is 646 g/mol. The lowest BCUT2D eigenvalue weighted by Gasteiger charge is -2.25. The van der Waals surface area contributed by atoms with Crippen LogP contribution in [0.3, 0.4) is 0 Å². The summed E-state index contributed by atoms with van der Waals surface area (Å²) >= 11 is 0. The topological polar surface area (TPSA) is 316 Å². The summed E-state index contributed by atoms with van der Waals surface area (Å²) < 4.78 is 31.7. The van der Waals surface area contributed by atoms with Crippen molar-refractivity contribution in [2.24, 2.45) is 33.8 Å². The number of nitrogens with zero attached hydrogens (tertiary/aromatic N) is 1. The average molecular weight is 647 g/mol. The summed E-state index contributed by atoms with van der Waals surface area (Å²) in [6.07, 6.45) is -4.07. The molecule has 0 radical (unpaired) electrons. The highest BCUT2D eigenvalue weighted by atomic mass is 19.4. The molecule has 0 heterocycles. The first-order valence-electron chi connectivity index (χ1n) is 12.9. The second kappa shape index (κ2) is 22.4. The van der Waals surface area contributed by atoms with E-state index < -0.39 is 78.3 Å². The summed E-state index contributed by atoms with van der Waals surface area (Å²) in [7, 11) is 0. The first-order valence-corrected chi connectivity index (χ1v) is 12.9. The van der Waals surface area contributed by atoms with Crippen molar-refractivity contribution in [1.82, 2.24) is 16.0 Å². The fourth-order valence-corrected chi connectivity index (χ4v) is 3.11. The second-order valence-corrected chi connectivity index (χ2v) is 9.43. The van der Waals surface area contributed by atoms with E-state index in [2.05, 4.69) is 20.9 Å². The summed E-state index contributed by atoms with van der Waals surface area (Å²) in [5.74, 6) is -8.46. The maximum Gasteiger partial charge on any atom is 0.490 e. The molecule has 0 aliphatic rings. The Balaban J connectivity index is -0.00000186. The number of alkyl halides is 3. The molecule has 0 unspecified atom stereocenters. The van der Waals surface area contributed by atoms with Gasteiger partial charge in [0, 0.05) is 6.54 Å². The Kier molecular flexibility index (Phi) is 22.5. The Morgan fingerprint density at radius 3 is 1.73 bits per heavy atom. The summed E-state index contributed by atoms with van der Waals surface area (Å²) in [6.45, 7) is 3.74. The maximum absolute atomic E-state index is 12.9. The van der Waals surface area contributed by atoms with Gasteiger partial charge in [0.15, 0.2) is 5.96 Å². The number of hydrogen-bond donors (Lipinski definition) is 10. The van der Waals surface area contributed by atoms with Gasteiger partial charge in [-0.1, -0.05) is 21.3 Å². The van der Waals surface area contributed by atoms with E-state index in [0.29, 0.717) is 25.8 Å². The van der Waals surface area contributed by atoms with Crippen LogP contribution in [0.5, 0.6) is 0 Å². The van der Waals surface area contributed by atoms with Crippen molar-refractivity contribution in [2.45, 2.75) is 90.1 Å². The minimum atomic E-state index is -5.08. The minimum Gasteiger partial charge on any atom is -0.481 e. The van der Waals surface area contributed by atoms with Crippen LogP contribution in [0, 0.1) is 5.92 Å². The molecule has 0 aliphatic heterocycles. The number of aliphatic carboxylic acids is 3. The predicted octanol–water partition coefficient (Wildman–Crippen LogP) is -1.56. The first-order chi connectivity index (χ1) is 19.7. The normalized spacial score (nSPS) is 13.4. The van der Waals surface area contributed by atoms with Crippen LogP contribution in [0.4, 0.5) is 13.2 Å². The van der Waals surface area contributed by atoms with E-state index in [4.69, 9.17) is 32.8 Å². The van der Waals surface area contributed by atoms with Crippen molar-refractivity contribution in [3.05, 3.63) is 0 Å². The van der Waals surface area contributed by atoms with Crippen LogP contribution in [0.2, 0.25) is 0 Å². The number of nitrogens with two attached hydrogens (primary N) is 4. The Hall–Kier alpha value is -4.20. The molecular weight excluding hydrogens is 601 g/mol. The van der Waals surface area contributed by atoms with Crippen molar-refractivity contribution >= 4 is 41.6 Å². The van der Waals surface area contributed by atoms with Crippen molar-refractivity contribution in [3.63, 3.8) is 0 Å². The zero-order chi connectivity index (χ0) is 33.9. The van der Waals surface area contributed by atoms with Crippen LogP contribution >= 0.6 is 0 Å². The molecule has 0 aromatic heterocycles. The van der Waals surface area contributed by atoms with Crippen LogP contribution < -0.4 is 38.9 Å². The summed E-state index contributed by atoms with van der Waals surface area (Å²) in [5, 5.41) is 32.7. The molecule has 0 saturated carbocycles. The molecule has 0 rings (SSSR count). The molecule has 3 amide bonds. The van der Waals surface area contributed by atoms with E-state index in [1.165, 1.54) is 0 Å². The van der Waals surface area contributed by atoms with Gasteiger partial charge in [0.05, 0.1) is 12.5 Å². The third-order valence-corrected chi connectivity index (χ3v) is 5.37. The van der Waals surface area contributed by atoms with Crippen molar-refractivity contribution in [2.75, 3.05) is 13.1 Å². The highest BCUT2D eigenvalue weighted by Gasteiger charge is 2.38. The van der Waals surface area contributed by atoms with Crippen LogP contribution in [0.15, 0.2) is 4.99 Å². The molecule has 20 heteroatoms. The molecule has 0 aromatic carbocycles. The van der Waals surface area contributed by atoms with Crippen molar-refractivity contribution in [1.29, 1.82) is 0 Å². The Morgan fingerprint density at radius 1 is 0.818 bits per heavy atom. The van der Waals surface area contributed by atoms with E-state index >= 15 is 0 Å². The lowest BCUT2D eigenvalue weighted by atomic mass is 10.0. The van der Waals surface area contributed by atoms with Crippen molar-refractivity contribution < 1.29 is 57.3 Å². The van der Waals surface area contributed by atoms with Gasteiger partial charge < -0.3 is 54.2 Å². The molecule has 256 valence electrons. The number of carbonyl (C=O) groups excluding carboxylic acids is 3. The number of guanidine groups is 1. The number of hydrogen-bond acceptors (Lipinski definition) is 9. The third kappa shape index (κ3) is 20.6. The molecule has 4 atom stereocenters. The number of carboxylic acids is 3. The molecule has 17 nitrogen and oxygen atoms in total. The highest BCUT2D eigenvalue weighted by molar-refractivity contribution is 5.95. The number of rotatable bonds is 18. The van der Waals surface area contributed by atoms with Gasteiger partial charge in [0.25, 0.3) is 0 Å². The smallest absolute Gasteiger partial charge is 0.481 e. The third-order valence-electron chi connectivity index (χ3n) is 5.37. The Labute approximate surface area is 252 Å². The molecule has 0 spiro atoms. The van der Waals surface area contributed by atoms with E-state index in [1.54, 1.807) is 13.8 Å². The van der Waals surface area contributed by atoms with Gasteiger partial charge in [-0.3, -0.25) is 24.2 Å². The molecule has 0 aliphatic carbocycles. The van der Waals surface area contributed by atoms with E-state index in [0.717, 1.165) is 0 Å². The number of unbranched alkanes of at least 4 members (excludes halogenated alkanes) is 1. The maximum atomic E-state index is 12.9. The van der Waals surface area contributed by atoms with Gasteiger partial charge >= 0.3 is 24.1 Å². The number of aliphatic imine (C=N–C) groups is 1. The molecule has 14 N–H and O–H groups in total. The second-order valence-electron chi connectivity index (χ2n) is 9.43. The summed E-state index contributed by atoms with van der Waals surface area (Å²) in [6, 6.07) is -4.96. The molecule has 44 heavy (non-hydrogen) atoms. The molecular formula is C24H45F3N8O9. The zero-order valence-electron chi connectivity index (χ0n) is 23.7. The zero-order valence-corrected chi connectivity index (χ0v) is 23.7. The van der Waals surface area contributed by atoms with Gasteiger partial charge in [-0.05, 0) is 44.6 Å². The van der Waals surface area contributed by atoms with Gasteiger partial charge in [-0.2, -0.15) is 13.2 Å². The Morgan fingerprint density at radius 2 is 1.32 bits per heavy atom. The van der Waals surface area contributed by atoms with E-state index in [1.807, 2.05) is 0 Å². The molecule has 0 saturated heterocycles. The molecule has 0 bridgehead atoms. The van der Waals surface area contributed by atoms with Crippen molar-refractivity contribution in [3.8, 4) is 0 Å². The summed E-state index contributed by atoms with van der Waals surface area (Å²) in [5.41, 5.74) is 21.9. The number of carbonyl (C=O) groups is 6. The Bertz CT molecular complexity index is 977. The fourth-order valence-electron chi connectivity index (χ4n) is 3.11. The van der Waals surface area contributed by atoms with Gasteiger partial charge in [-0.25, -0.2) is 9.59 Å². The van der Waals surface area contributed by atoms with Crippen LogP contribution in [-0.2, 0) is 28.8 Å². The highest BCUT2D eigenvalue weighted by Crippen LogP contribution is 2.13. The first kappa shape index (κ1) is 44.2. The van der Waals surface area contributed by atoms with Crippen LogP contribution in [-0.4, -0.2) is 100 Å². The number of amides is 3. The number of carboxylic acid groups (broad SMARTS) is 3. The lowest BCUT2D eigenvalue weighted by molar-refractivity contribution is -0.192. The number of nitrogens with one attached hydrogen (secondary N) is 3. The lowest BCUT2D eigenvalue weighted by Crippen LogP contribution is -2.58. The van der Waals surface area contributed by atoms with Gasteiger partial charge in [-0.15, -0.1) is 0 Å². The molecule has 0 fully saturated rings. The largest absolute Gasteiger partial charge is 0.490 e. The standard InChI is InChI=1S/C21H40N8O7.C2HF3O2.CH4/c1-11(2)16(20(35)36)29-19(34)14(10-15(30)31)28-18(33)13(7-3-4-8-22)27-17(32)12(23)6-5-9-26-21(24)25;3-2(4,5)1(6)7;/h11-14,16H,3-10,22-23H2,1-2H3,(H,27,32)(H,28,33)(H,29,34)(H,30,31)(H,35,36)(H4,24,25,26);(H,6,7);1H4/t12-,13-,14-,16-;;/m0../s1. The number of halogens is 3. The molecule has 0 aromatic rings. The van der Waals surface area contributed by atoms with E-state index in [-0.39, 0.29) is 32.8 Å². The SMILES string of the molecule is C.CC(C)[C@H](NC(=O)[C@H](CC(=O)O)NC(=O)[C@H](CCCCN)NC(=O)[C@@H](N)CCCN=C(N)N)C(=O)O.O=C(O)C(F)(F)F. The minimum absolute atomic E-state index is 0. The van der Waals surface area contributed by atoms with Gasteiger partial charge in [0.1, 0.15) is 18.1 Å². The van der Waals surface area contributed by atoms with E-state index in [9.17, 15) is 47.4 Å². The average Bonchev–Trinajstić information content (AvgIpc) is 2.87. The fraction of sp³-hybridized carbons (Fsp3) is 0.708. The summed E-state index contributed by atoms with van der Waals surface area (Å²) in [4.78, 5) is 73.5.